The Bertz CT molecular complexity index is 2090. The van der Waals surface area contributed by atoms with Crippen LogP contribution in [0.4, 0.5) is 14.5 Å². The van der Waals surface area contributed by atoms with Crippen LogP contribution in [-0.4, -0.2) is 64.4 Å². The van der Waals surface area contributed by atoms with Gasteiger partial charge in [-0.3, -0.25) is 9.13 Å². The summed E-state index contributed by atoms with van der Waals surface area (Å²) in [5, 5.41) is -1.00. The first kappa shape index (κ1) is 34.5. The molecule has 0 saturated carbocycles. The lowest BCUT2D eigenvalue weighted by Gasteiger charge is -2.46. The lowest BCUT2D eigenvalue weighted by Crippen LogP contribution is -2.64. The van der Waals surface area contributed by atoms with Crippen molar-refractivity contribution in [3.8, 4) is 11.6 Å². The molecule has 2 aliphatic rings. The largest absolute Gasteiger partial charge is 0.445 e. The molecule has 3 atom stereocenters. The predicted octanol–water partition coefficient (Wildman–Crippen LogP) is 5.36. The van der Waals surface area contributed by atoms with Crippen LogP contribution >= 0.6 is 26.8 Å². The minimum absolute atomic E-state index is 0.0235. The van der Waals surface area contributed by atoms with Gasteiger partial charge < -0.3 is 33.4 Å². The summed E-state index contributed by atoms with van der Waals surface area (Å²) in [5.41, 5.74) is 0.550. The molecular weight excluding hydrogens is 694 g/mol. The molecule has 1 aliphatic heterocycles. The summed E-state index contributed by atoms with van der Waals surface area (Å²) in [5.74, 6) is 0.137. The normalized spacial score (nSPS) is 23.1. The Balaban J connectivity index is 1.63. The van der Waals surface area contributed by atoms with Gasteiger partial charge in [-0.15, -0.1) is 4.59 Å². The minimum atomic E-state index is -4.83. The summed E-state index contributed by atoms with van der Waals surface area (Å²) in [6.07, 6.45) is -0.308. The van der Waals surface area contributed by atoms with Crippen LogP contribution in [0.15, 0.2) is 79.8 Å². The molecule has 0 saturated heterocycles. The van der Waals surface area contributed by atoms with Crippen molar-refractivity contribution < 1.29 is 50.9 Å². The third kappa shape index (κ3) is 6.03. The molecule has 1 aliphatic carbocycles. The number of allylic oxidation sites excluding steroid dienone is 2. The van der Waals surface area contributed by atoms with Gasteiger partial charge in [0, 0.05) is 18.1 Å². The predicted molar refractivity (Wildman–Crippen MR) is 175 cm³/mol. The van der Waals surface area contributed by atoms with Crippen molar-refractivity contribution >= 4 is 60.4 Å². The Labute approximate surface area is 278 Å². The number of fused-ring (bicyclic) bond motifs is 2. The number of halogens is 3. The second-order valence-corrected chi connectivity index (χ2v) is 16.2. The van der Waals surface area contributed by atoms with E-state index in [-0.39, 0.29) is 64.1 Å². The highest BCUT2D eigenvalue weighted by molar-refractivity contribution is 7.60. The molecular formula is C30H33ClF2N5O8P2+. The van der Waals surface area contributed by atoms with Crippen molar-refractivity contribution in [2.45, 2.75) is 39.0 Å². The summed E-state index contributed by atoms with van der Waals surface area (Å²) in [4.78, 5) is 51.4. The fraction of sp³-hybridized carbons (Fsp3) is 0.333. The Morgan fingerprint density at radius 1 is 1.00 bits per heavy atom. The minimum Gasteiger partial charge on any atom is -0.445 e. The number of aliphatic imine (C=N–C) groups is 1. The maximum absolute atomic E-state index is 15.5. The van der Waals surface area contributed by atoms with E-state index < -0.39 is 37.5 Å². The molecule has 256 valence electrons. The molecule has 6 rings (SSSR count). The fourth-order valence-electron chi connectivity index (χ4n) is 6.00. The Morgan fingerprint density at radius 3 is 2.21 bits per heavy atom. The van der Waals surface area contributed by atoms with E-state index in [4.69, 9.17) is 30.4 Å². The summed E-state index contributed by atoms with van der Waals surface area (Å²) < 4.78 is 65.5. The lowest BCUT2D eigenvalue weighted by molar-refractivity contribution is -0.810. The van der Waals surface area contributed by atoms with Crippen LogP contribution in [0.25, 0.3) is 22.6 Å². The number of aromatic amines is 1. The number of benzene rings is 1. The van der Waals surface area contributed by atoms with Crippen LogP contribution in [-0.2, 0) is 9.13 Å². The number of nitrogens with zero attached hydrogens (tertiary/aromatic N) is 4. The second-order valence-electron chi connectivity index (χ2n) is 12.5. The smallest absolute Gasteiger partial charge is 0.391 e. The van der Waals surface area contributed by atoms with E-state index >= 15 is 8.78 Å². The second kappa shape index (κ2) is 11.9. The van der Waals surface area contributed by atoms with Gasteiger partial charge in [0.1, 0.15) is 23.4 Å². The summed E-state index contributed by atoms with van der Waals surface area (Å²) in [6, 6.07) is 10.3. The molecule has 0 amide bonds. The number of furan rings is 2. The van der Waals surface area contributed by atoms with Gasteiger partial charge in [-0.1, -0.05) is 45.4 Å². The fourth-order valence-corrected chi connectivity index (χ4v) is 7.14. The van der Waals surface area contributed by atoms with Gasteiger partial charge in [-0.25, -0.2) is 18.8 Å². The van der Waals surface area contributed by atoms with E-state index in [1.54, 1.807) is 18.2 Å². The molecule has 0 radical (unpaired) electrons. The van der Waals surface area contributed by atoms with E-state index in [0.29, 0.717) is 16.7 Å². The van der Waals surface area contributed by atoms with Gasteiger partial charge in [-0.2, -0.15) is 4.99 Å². The molecule has 5 N–H and O–H groups in total. The number of quaternary nitrogens is 1. The molecule has 3 aromatic heterocycles. The summed E-state index contributed by atoms with van der Waals surface area (Å²) in [7, 11) is -9.50. The number of hydrogen-bond donors (Lipinski definition) is 5. The van der Waals surface area contributed by atoms with Crippen molar-refractivity contribution in [3.63, 3.8) is 0 Å². The third-order valence-electron chi connectivity index (χ3n) is 7.80. The topological polar surface area (TPSA) is 186 Å². The number of hydrogen-bond acceptors (Lipinski definition) is 7. The van der Waals surface area contributed by atoms with Gasteiger partial charge in [-0.05, 0) is 42.3 Å². The first-order valence-electron chi connectivity index (χ1n) is 14.9. The Kier molecular flexibility index (Phi) is 8.54. The molecule has 0 fully saturated rings. The zero-order chi connectivity index (χ0) is 35.0. The van der Waals surface area contributed by atoms with E-state index in [0.717, 1.165) is 18.2 Å². The number of anilines is 1. The highest BCUT2D eigenvalue weighted by atomic mass is 35.5. The van der Waals surface area contributed by atoms with Crippen LogP contribution in [0.3, 0.4) is 0 Å². The number of H-pyrrole nitrogens is 1. The molecule has 18 heteroatoms. The quantitative estimate of drug-likeness (QED) is 0.0810. The number of imidazole rings is 1. The average Bonchev–Trinajstić information content (AvgIpc) is 3.76. The SMILES string of the molecule is CC(C)CN(c1cccc2[nH]c(-c3ccc(P(=O)(O)O)o3)nc12)[N+]1(CC(C)C)C2=CC(F)C(F)(Cl)C=C2N=C1c1ccc(P(=O)(O)O)o1. The van der Waals surface area contributed by atoms with E-state index in [2.05, 4.69) is 4.98 Å². The van der Waals surface area contributed by atoms with Crippen molar-refractivity contribution in [1.82, 2.24) is 9.97 Å². The first-order valence-corrected chi connectivity index (χ1v) is 18.5. The molecule has 48 heavy (non-hydrogen) atoms. The van der Waals surface area contributed by atoms with E-state index in [9.17, 15) is 28.7 Å². The van der Waals surface area contributed by atoms with Gasteiger partial charge in [0.15, 0.2) is 23.5 Å². The highest BCUT2D eigenvalue weighted by Crippen LogP contribution is 2.49. The summed E-state index contributed by atoms with van der Waals surface area (Å²) >= 11 is 5.94. The molecule has 1 aromatic carbocycles. The van der Waals surface area contributed by atoms with E-state index in [1.165, 1.54) is 18.2 Å². The van der Waals surface area contributed by atoms with E-state index in [1.807, 2.05) is 32.7 Å². The van der Waals surface area contributed by atoms with Crippen molar-refractivity contribution in [2.24, 2.45) is 16.8 Å². The maximum atomic E-state index is 15.5. The zero-order valence-electron chi connectivity index (χ0n) is 26.1. The highest BCUT2D eigenvalue weighted by Gasteiger charge is 2.58. The molecule has 0 bridgehead atoms. The number of amidine groups is 1. The summed E-state index contributed by atoms with van der Waals surface area (Å²) in [6.45, 7) is 8.26. The van der Waals surface area contributed by atoms with Crippen LogP contribution in [0, 0.1) is 11.8 Å². The average molecular weight is 727 g/mol. The zero-order valence-corrected chi connectivity index (χ0v) is 28.6. The Morgan fingerprint density at radius 2 is 1.62 bits per heavy atom. The van der Waals surface area contributed by atoms with Gasteiger partial charge in [0.25, 0.3) is 0 Å². The molecule has 3 unspecified atom stereocenters. The Hall–Kier alpha value is -3.39. The molecule has 4 aromatic rings. The van der Waals surface area contributed by atoms with Gasteiger partial charge in [0.2, 0.25) is 21.9 Å². The first-order chi connectivity index (χ1) is 22.3. The number of aromatic nitrogens is 2. The standard InChI is InChI=1S/C30H32ClF2N5O8P2/c1-16(2)14-37(20-7-5-6-18-27(20)36-28(34-18)22-8-10-25(45-22)47(39,40)41)38(15-17(3)4)21-12-24(32)30(31,33)13-19(21)35-29(38)23-9-11-26(46-23)48(42,43)44/h5-13,16-17,24H,14-15H2,1-4H3,(H4-,34,36,39,40,41,42,43,44)/p+1. The molecule has 13 nitrogen and oxygen atoms in total. The van der Waals surface area contributed by atoms with Crippen molar-refractivity contribution in [2.75, 3.05) is 18.1 Å². The number of alkyl halides is 3. The number of para-hydroxylation sites is 1. The molecule has 4 heterocycles. The van der Waals surface area contributed by atoms with Crippen molar-refractivity contribution in [1.29, 1.82) is 0 Å². The maximum Gasteiger partial charge on any atom is 0.391 e. The third-order valence-corrected chi connectivity index (χ3v) is 9.75. The van der Waals surface area contributed by atoms with Crippen LogP contribution in [0.5, 0.6) is 0 Å². The number of nitrogens with one attached hydrogen (secondary N) is 1. The number of rotatable bonds is 10. The lowest BCUT2D eigenvalue weighted by atomic mass is 10.0. The van der Waals surface area contributed by atoms with Crippen LogP contribution < -0.4 is 16.0 Å². The van der Waals surface area contributed by atoms with Gasteiger partial charge >= 0.3 is 21.0 Å². The monoisotopic (exact) mass is 726 g/mol. The van der Waals surface area contributed by atoms with Crippen LogP contribution in [0.2, 0.25) is 0 Å². The van der Waals surface area contributed by atoms with Crippen molar-refractivity contribution in [3.05, 3.63) is 71.8 Å². The molecule has 0 spiro atoms. The van der Waals surface area contributed by atoms with Crippen LogP contribution in [0.1, 0.15) is 33.5 Å². The van der Waals surface area contributed by atoms with Gasteiger partial charge in [0.05, 0.1) is 12.1 Å².